The van der Waals surface area contributed by atoms with Crippen molar-refractivity contribution in [2.75, 3.05) is 54.1 Å². The number of ether oxygens (including phenoxy) is 2. The zero-order valence-electron chi connectivity index (χ0n) is 37.6. The van der Waals surface area contributed by atoms with Gasteiger partial charge < -0.3 is 27.9 Å². The lowest BCUT2D eigenvalue weighted by molar-refractivity contribution is -0.870. The number of phosphoric acid groups is 1. The Morgan fingerprint density at radius 2 is 0.929 bits per heavy atom. The first kappa shape index (κ1) is 55.0. The molecule has 0 spiro atoms. The van der Waals surface area contributed by atoms with E-state index in [4.69, 9.17) is 18.5 Å². The Morgan fingerprint density at radius 1 is 0.536 bits per heavy atom. The number of likely N-dealkylation sites (N-methyl/N-ethyl adjacent to an activating group) is 1. The standard InChI is InChI=1S/C47H92NO7P/c1-6-8-10-12-14-16-18-20-21-22-23-24-25-26-27-28-30-32-34-36-38-40-47(49)55-46(45-54-56(50,51)53-43-41-48(3,4)5)44-52-42-39-37-35-33-31-29-19-17-15-13-11-9-7-2/h15,17,22-23,46H,6-14,16,18-21,24-45H2,1-5H3/b17-15-,23-22-. The highest BCUT2D eigenvalue weighted by Crippen LogP contribution is 2.38. The molecule has 0 radical (unpaired) electrons. The number of nitrogens with zero attached hydrogens (tertiary/aromatic N) is 1. The van der Waals surface area contributed by atoms with Crippen molar-refractivity contribution in [3.05, 3.63) is 24.3 Å². The highest BCUT2D eigenvalue weighted by molar-refractivity contribution is 7.45. The number of unbranched alkanes of at least 4 members (excludes halogenated alkanes) is 26. The number of carbonyl (C=O) groups excluding carboxylic acids is 1. The van der Waals surface area contributed by atoms with Gasteiger partial charge in [-0.3, -0.25) is 9.36 Å². The Kier molecular flexibility index (Phi) is 40.0. The third-order valence-corrected chi connectivity index (χ3v) is 11.2. The molecule has 332 valence electrons. The molecule has 0 rings (SSSR count). The first-order valence-electron chi connectivity index (χ1n) is 23.6. The maximum Gasteiger partial charge on any atom is 0.306 e. The fraction of sp³-hybridized carbons (Fsp3) is 0.894. The number of phosphoric ester groups is 1. The van der Waals surface area contributed by atoms with E-state index < -0.39 is 13.9 Å². The smallest absolute Gasteiger partial charge is 0.306 e. The van der Waals surface area contributed by atoms with Gasteiger partial charge >= 0.3 is 5.97 Å². The molecule has 9 heteroatoms. The van der Waals surface area contributed by atoms with Gasteiger partial charge in [-0.1, -0.05) is 167 Å². The SMILES string of the molecule is CCCCC/C=C\CCCCCCCCOCC(COP(=O)([O-])OCC[N+](C)(C)C)OC(=O)CCCCCCCCCCC/C=C\CCCCCCCCCC. The molecule has 0 aliphatic rings. The van der Waals surface area contributed by atoms with E-state index in [2.05, 4.69) is 38.2 Å². The summed E-state index contributed by atoms with van der Waals surface area (Å²) < 4.78 is 34.6. The summed E-state index contributed by atoms with van der Waals surface area (Å²) >= 11 is 0. The normalized spacial score (nSPS) is 13.9. The Morgan fingerprint density at radius 3 is 1.39 bits per heavy atom. The van der Waals surface area contributed by atoms with Crippen molar-refractivity contribution in [3.8, 4) is 0 Å². The second-order valence-corrected chi connectivity index (χ2v) is 18.5. The Balaban J connectivity index is 4.15. The van der Waals surface area contributed by atoms with Gasteiger partial charge in [-0.2, -0.15) is 0 Å². The predicted molar refractivity (Wildman–Crippen MR) is 236 cm³/mol. The van der Waals surface area contributed by atoms with Crippen molar-refractivity contribution in [1.82, 2.24) is 0 Å². The van der Waals surface area contributed by atoms with E-state index in [-0.39, 0.29) is 25.8 Å². The molecular weight excluding hydrogens is 721 g/mol. The van der Waals surface area contributed by atoms with Crippen LogP contribution in [0.3, 0.4) is 0 Å². The maximum atomic E-state index is 12.7. The molecule has 8 nitrogen and oxygen atoms in total. The van der Waals surface area contributed by atoms with Crippen LogP contribution in [0.25, 0.3) is 0 Å². The molecule has 0 saturated heterocycles. The second kappa shape index (κ2) is 40.7. The van der Waals surface area contributed by atoms with Gasteiger partial charge in [0.1, 0.15) is 19.3 Å². The van der Waals surface area contributed by atoms with Crippen LogP contribution in [0.4, 0.5) is 0 Å². The average molecular weight is 814 g/mol. The van der Waals surface area contributed by atoms with Gasteiger partial charge in [0, 0.05) is 13.0 Å². The maximum absolute atomic E-state index is 12.7. The summed E-state index contributed by atoms with van der Waals surface area (Å²) in [5.41, 5.74) is 0. The van der Waals surface area contributed by atoms with Crippen LogP contribution in [0.1, 0.15) is 213 Å². The molecule has 0 saturated carbocycles. The number of allylic oxidation sites excluding steroid dienone is 4. The van der Waals surface area contributed by atoms with Crippen molar-refractivity contribution in [2.45, 2.75) is 219 Å². The zero-order valence-corrected chi connectivity index (χ0v) is 38.5. The first-order chi connectivity index (χ1) is 27.1. The molecule has 2 atom stereocenters. The summed E-state index contributed by atoms with van der Waals surface area (Å²) in [5.74, 6) is -0.337. The van der Waals surface area contributed by atoms with Crippen molar-refractivity contribution >= 4 is 13.8 Å². The lowest BCUT2D eigenvalue weighted by Gasteiger charge is -2.28. The Bertz CT molecular complexity index is 951. The summed E-state index contributed by atoms with van der Waals surface area (Å²) in [6.45, 7) is 5.40. The van der Waals surface area contributed by atoms with E-state index in [9.17, 15) is 14.3 Å². The molecule has 0 fully saturated rings. The molecule has 0 heterocycles. The molecule has 2 unspecified atom stereocenters. The van der Waals surface area contributed by atoms with Crippen LogP contribution in [-0.2, 0) is 27.9 Å². The minimum atomic E-state index is -4.52. The fourth-order valence-electron chi connectivity index (χ4n) is 6.54. The topological polar surface area (TPSA) is 94.1 Å². The van der Waals surface area contributed by atoms with Crippen LogP contribution < -0.4 is 4.89 Å². The Labute approximate surface area is 347 Å². The third kappa shape index (κ3) is 44.1. The minimum Gasteiger partial charge on any atom is -0.756 e. The highest BCUT2D eigenvalue weighted by atomic mass is 31.2. The number of esters is 1. The molecule has 0 amide bonds. The van der Waals surface area contributed by atoms with E-state index in [1.54, 1.807) is 0 Å². The number of quaternary nitrogens is 1. The lowest BCUT2D eigenvalue weighted by Crippen LogP contribution is -2.37. The molecule has 0 aromatic rings. The summed E-state index contributed by atoms with van der Waals surface area (Å²) in [6.07, 6.45) is 46.2. The number of carbonyl (C=O) groups is 1. The first-order valence-corrected chi connectivity index (χ1v) is 25.0. The molecule has 0 aromatic heterocycles. The molecule has 0 aromatic carbocycles. The lowest BCUT2D eigenvalue weighted by atomic mass is 10.1. The van der Waals surface area contributed by atoms with Gasteiger partial charge in [-0.25, -0.2) is 0 Å². The minimum absolute atomic E-state index is 0.0258. The zero-order chi connectivity index (χ0) is 41.3. The van der Waals surface area contributed by atoms with E-state index >= 15 is 0 Å². The van der Waals surface area contributed by atoms with Gasteiger partial charge in [0.05, 0.1) is 34.4 Å². The van der Waals surface area contributed by atoms with Crippen LogP contribution >= 0.6 is 7.82 Å². The summed E-state index contributed by atoms with van der Waals surface area (Å²) in [7, 11) is 1.36. The second-order valence-electron chi connectivity index (χ2n) is 17.1. The van der Waals surface area contributed by atoms with Crippen molar-refractivity contribution < 1.29 is 37.3 Å². The number of hydrogen-bond acceptors (Lipinski definition) is 7. The van der Waals surface area contributed by atoms with E-state index in [1.165, 1.54) is 161 Å². The summed E-state index contributed by atoms with van der Waals surface area (Å²) in [6, 6.07) is 0. The molecular formula is C47H92NO7P. The van der Waals surface area contributed by atoms with Crippen molar-refractivity contribution in [2.24, 2.45) is 0 Å². The van der Waals surface area contributed by atoms with E-state index in [1.807, 2.05) is 21.1 Å². The quantitative estimate of drug-likeness (QED) is 0.0199. The van der Waals surface area contributed by atoms with Crippen LogP contribution in [0.15, 0.2) is 24.3 Å². The summed E-state index contributed by atoms with van der Waals surface area (Å²) in [5, 5.41) is 0. The fourth-order valence-corrected chi connectivity index (χ4v) is 7.26. The molecule has 0 N–H and O–H groups in total. The van der Waals surface area contributed by atoms with Crippen molar-refractivity contribution in [1.29, 1.82) is 0 Å². The van der Waals surface area contributed by atoms with Gasteiger partial charge in [-0.05, 0) is 64.2 Å². The van der Waals surface area contributed by atoms with Gasteiger partial charge in [0.15, 0.2) is 0 Å². The molecule has 0 aliphatic carbocycles. The number of hydrogen-bond donors (Lipinski definition) is 0. The van der Waals surface area contributed by atoms with Crippen LogP contribution in [-0.4, -0.2) is 70.7 Å². The van der Waals surface area contributed by atoms with Gasteiger partial charge in [0.2, 0.25) is 0 Å². The Hall–Kier alpha value is -1.02. The monoisotopic (exact) mass is 814 g/mol. The van der Waals surface area contributed by atoms with Crippen LogP contribution in [0.5, 0.6) is 0 Å². The van der Waals surface area contributed by atoms with Gasteiger partial charge in [-0.15, -0.1) is 0 Å². The number of rotatable bonds is 44. The molecule has 56 heavy (non-hydrogen) atoms. The van der Waals surface area contributed by atoms with Crippen LogP contribution in [0, 0.1) is 0 Å². The van der Waals surface area contributed by atoms with Crippen LogP contribution in [0.2, 0.25) is 0 Å². The highest BCUT2D eigenvalue weighted by Gasteiger charge is 2.20. The summed E-state index contributed by atoms with van der Waals surface area (Å²) in [4.78, 5) is 25.1. The molecule has 0 aliphatic heterocycles. The predicted octanol–water partition coefficient (Wildman–Crippen LogP) is 13.4. The molecule has 0 bridgehead atoms. The average Bonchev–Trinajstić information content (AvgIpc) is 3.15. The van der Waals surface area contributed by atoms with E-state index in [0.29, 0.717) is 24.1 Å². The van der Waals surface area contributed by atoms with Crippen molar-refractivity contribution in [3.63, 3.8) is 0 Å². The van der Waals surface area contributed by atoms with E-state index in [0.717, 1.165) is 32.1 Å². The van der Waals surface area contributed by atoms with Gasteiger partial charge in [0.25, 0.3) is 7.82 Å². The largest absolute Gasteiger partial charge is 0.756 e. The third-order valence-electron chi connectivity index (χ3n) is 10.2.